The van der Waals surface area contributed by atoms with Crippen molar-refractivity contribution in [1.29, 1.82) is 0 Å². The maximum atomic E-state index is 13.6. The van der Waals surface area contributed by atoms with E-state index in [-0.39, 0.29) is 22.8 Å². The first-order valence-electron chi connectivity index (χ1n) is 12.6. The van der Waals surface area contributed by atoms with Crippen LogP contribution in [0.4, 0.5) is 0 Å². The number of hydrogen-bond donors (Lipinski definition) is 9. The Balaban J connectivity index is 1.38. The molecule has 2 aromatic rings. The molecule has 2 fully saturated rings. The predicted molar refractivity (Wildman–Crippen MR) is 131 cm³/mol. The summed E-state index contributed by atoms with van der Waals surface area (Å²) >= 11 is 0. The van der Waals surface area contributed by atoms with Crippen molar-refractivity contribution in [2.24, 2.45) is 0 Å². The summed E-state index contributed by atoms with van der Waals surface area (Å²) in [6.45, 7) is -1.80. The van der Waals surface area contributed by atoms with Gasteiger partial charge in [0.15, 0.2) is 24.8 Å². The normalized spacial score (nSPS) is 37.0. The lowest BCUT2D eigenvalue weighted by Crippen LogP contribution is -2.61. The van der Waals surface area contributed by atoms with Crippen molar-refractivity contribution in [1.82, 2.24) is 0 Å². The third kappa shape index (κ3) is 5.44. The molecule has 10 atom stereocenters. The minimum Gasteiger partial charge on any atom is -0.508 e. The predicted octanol–water partition coefficient (Wildman–Crippen LogP) is -2.23. The summed E-state index contributed by atoms with van der Waals surface area (Å²) in [4.78, 5) is 13.6. The molecule has 0 radical (unpaired) electrons. The zero-order valence-electron chi connectivity index (χ0n) is 21.3. The third-order valence-electron chi connectivity index (χ3n) is 7.28. The van der Waals surface area contributed by atoms with Crippen LogP contribution < -0.4 is 4.74 Å². The van der Waals surface area contributed by atoms with Gasteiger partial charge in [0.25, 0.3) is 0 Å². The SMILES string of the molecule is O=C1c2c(O)cc(O)cc2O[C@H](c2ccc(O)cc2)[C@H]1O[C@@H]1O[C@H](CO[C@@H]2OC[C@](O)(CO)[C@H]2O)[C@@H](O)[C@H](O)[C@H]1O. The van der Waals surface area contributed by atoms with Crippen LogP contribution in [-0.2, 0) is 18.9 Å². The Morgan fingerprint density at radius 3 is 2.29 bits per heavy atom. The van der Waals surface area contributed by atoms with Crippen molar-refractivity contribution >= 4 is 5.78 Å². The summed E-state index contributed by atoms with van der Waals surface area (Å²) in [5, 5.41) is 91.2. The molecule has 224 valence electrons. The van der Waals surface area contributed by atoms with E-state index < -0.39 is 92.3 Å². The number of rotatable bonds is 7. The molecular weight excluding hydrogens is 552 g/mol. The summed E-state index contributed by atoms with van der Waals surface area (Å²) in [6, 6.07) is 7.57. The van der Waals surface area contributed by atoms with Gasteiger partial charge < -0.3 is 69.6 Å². The van der Waals surface area contributed by atoms with E-state index in [4.69, 9.17) is 23.7 Å². The lowest BCUT2D eigenvalue weighted by Gasteiger charge is -2.43. The van der Waals surface area contributed by atoms with Gasteiger partial charge in [0.05, 0.1) is 19.8 Å². The van der Waals surface area contributed by atoms with E-state index in [1.807, 2.05) is 0 Å². The smallest absolute Gasteiger partial charge is 0.203 e. The average molecular weight is 583 g/mol. The number of ketones is 1. The Hall–Kier alpha value is -3.09. The fraction of sp³-hybridized carbons (Fsp3) is 0.500. The molecular formula is C26H30O15. The molecule has 0 saturated carbocycles. The van der Waals surface area contributed by atoms with Crippen LogP contribution in [0.5, 0.6) is 23.0 Å². The van der Waals surface area contributed by atoms with Crippen molar-refractivity contribution in [2.75, 3.05) is 19.8 Å². The van der Waals surface area contributed by atoms with Crippen LogP contribution in [0.3, 0.4) is 0 Å². The number of aliphatic hydroxyl groups excluding tert-OH is 5. The van der Waals surface area contributed by atoms with E-state index in [2.05, 4.69) is 0 Å². The molecule has 2 aromatic carbocycles. The lowest BCUT2D eigenvalue weighted by molar-refractivity contribution is -0.319. The van der Waals surface area contributed by atoms with Gasteiger partial charge in [0, 0.05) is 12.1 Å². The van der Waals surface area contributed by atoms with Crippen LogP contribution >= 0.6 is 0 Å². The zero-order chi connectivity index (χ0) is 29.6. The van der Waals surface area contributed by atoms with Crippen molar-refractivity contribution in [3.05, 3.63) is 47.5 Å². The second-order valence-corrected chi connectivity index (χ2v) is 10.1. The van der Waals surface area contributed by atoms with Gasteiger partial charge in [-0.2, -0.15) is 0 Å². The van der Waals surface area contributed by atoms with Crippen LogP contribution in [-0.4, -0.2) is 126 Å². The van der Waals surface area contributed by atoms with Crippen LogP contribution in [0.2, 0.25) is 0 Å². The minimum absolute atomic E-state index is 0.0798. The number of phenols is 3. The molecule has 3 aliphatic rings. The first-order chi connectivity index (χ1) is 19.4. The number of ether oxygens (including phenoxy) is 5. The van der Waals surface area contributed by atoms with Crippen molar-refractivity contribution in [3.8, 4) is 23.0 Å². The standard InChI is InChI=1S/C26H30O15/c27-8-26(36)9-38-25(23(26)35)37-7-15-17(31)19(33)20(34)24(40-15)41-22-18(32)16-13(30)5-12(29)6-14(16)39-21(22)10-1-3-11(28)4-2-10/h1-6,15,17,19-25,27-31,33-36H,7-9H2/t15-,17-,19+,20-,21-,22+,23+,24+,25-,26-/m1/s1. The van der Waals surface area contributed by atoms with Gasteiger partial charge >= 0.3 is 0 Å². The van der Waals surface area contributed by atoms with E-state index in [0.29, 0.717) is 5.56 Å². The number of benzene rings is 2. The molecule has 15 heteroatoms. The largest absolute Gasteiger partial charge is 0.508 e. The van der Waals surface area contributed by atoms with E-state index in [1.54, 1.807) is 0 Å². The topological polar surface area (TPSA) is 245 Å². The number of carbonyl (C=O) groups excluding carboxylic acids is 1. The van der Waals surface area contributed by atoms with Gasteiger partial charge in [0.2, 0.25) is 5.78 Å². The maximum absolute atomic E-state index is 13.6. The van der Waals surface area contributed by atoms with E-state index >= 15 is 0 Å². The molecule has 3 aliphatic heterocycles. The fourth-order valence-electron chi connectivity index (χ4n) is 4.88. The van der Waals surface area contributed by atoms with E-state index in [9.17, 15) is 50.8 Å². The van der Waals surface area contributed by atoms with E-state index in [0.717, 1.165) is 12.1 Å². The molecule has 2 saturated heterocycles. The lowest BCUT2D eigenvalue weighted by atomic mass is 9.92. The maximum Gasteiger partial charge on any atom is 0.203 e. The second-order valence-electron chi connectivity index (χ2n) is 10.1. The molecule has 0 bridgehead atoms. The Labute approximate surface area is 231 Å². The van der Waals surface area contributed by atoms with Crippen LogP contribution in [0.1, 0.15) is 22.0 Å². The Kier molecular flexibility index (Phi) is 8.10. The molecule has 0 amide bonds. The summed E-state index contributed by atoms with van der Waals surface area (Å²) in [5.41, 5.74) is -1.97. The highest BCUT2D eigenvalue weighted by atomic mass is 16.7. The van der Waals surface area contributed by atoms with Crippen molar-refractivity contribution in [2.45, 2.75) is 60.9 Å². The summed E-state index contributed by atoms with van der Waals surface area (Å²) in [6.07, 6.45) is -14.5. The van der Waals surface area contributed by atoms with Gasteiger partial charge in [-0.3, -0.25) is 4.79 Å². The quantitative estimate of drug-likeness (QED) is 0.168. The summed E-state index contributed by atoms with van der Waals surface area (Å²) in [7, 11) is 0. The average Bonchev–Trinajstić information content (AvgIpc) is 3.23. The molecule has 0 spiro atoms. The van der Waals surface area contributed by atoms with Gasteiger partial charge in [-0.15, -0.1) is 0 Å². The molecule has 0 aromatic heterocycles. The van der Waals surface area contributed by atoms with E-state index in [1.165, 1.54) is 24.3 Å². The van der Waals surface area contributed by atoms with Gasteiger partial charge in [-0.25, -0.2) is 0 Å². The molecule has 5 rings (SSSR count). The van der Waals surface area contributed by atoms with Gasteiger partial charge in [-0.1, -0.05) is 12.1 Å². The molecule has 0 aliphatic carbocycles. The summed E-state index contributed by atoms with van der Waals surface area (Å²) < 4.78 is 27.9. The highest BCUT2D eigenvalue weighted by Gasteiger charge is 2.51. The van der Waals surface area contributed by atoms with Gasteiger partial charge in [-0.05, 0) is 17.7 Å². The number of phenolic OH excluding ortho intramolecular Hbond substituents is 3. The molecule has 41 heavy (non-hydrogen) atoms. The number of Topliss-reactive ketones (excluding diaryl/α,β-unsaturated/α-hetero) is 1. The molecule has 15 nitrogen and oxygen atoms in total. The Morgan fingerprint density at radius 2 is 1.63 bits per heavy atom. The Morgan fingerprint density at radius 1 is 0.927 bits per heavy atom. The van der Waals surface area contributed by atoms with Crippen molar-refractivity contribution in [3.63, 3.8) is 0 Å². The highest BCUT2D eigenvalue weighted by molar-refractivity contribution is 6.05. The first-order valence-corrected chi connectivity index (χ1v) is 12.6. The second kappa shape index (κ2) is 11.3. The first kappa shape index (κ1) is 29.4. The fourth-order valence-corrected chi connectivity index (χ4v) is 4.88. The number of hydrogen-bond acceptors (Lipinski definition) is 15. The molecule has 0 unspecified atom stereocenters. The van der Waals surface area contributed by atoms with Crippen molar-refractivity contribution < 1.29 is 74.4 Å². The Bertz CT molecular complexity index is 1250. The number of aliphatic hydroxyl groups is 6. The number of aromatic hydroxyl groups is 3. The molecule has 9 N–H and O–H groups in total. The third-order valence-corrected chi connectivity index (χ3v) is 7.28. The van der Waals surface area contributed by atoms with Gasteiger partial charge in [0.1, 0.15) is 64.7 Å². The highest BCUT2D eigenvalue weighted by Crippen LogP contribution is 2.44. The van der Waals surface area contributed by atoms with Crippen LogP contribution in [0, 0.1) is 0 Å². The number of fused-ring (bicyclic) bond motifs is 1. The van der Waals surface area contributed by atoms with Crippen LogP contribution in [0.25, 0.3) is 0 Å². The molecule has 3 heterocycles. The van der Waals surface area contributed by atoms with Crippen LogP contribution in [0.15, 0.2) is 36.4 Å². The monoisotopic (exact) mass is 582 g/mol. The zero-order valence-corrected chi connectivity index (χ0v) is 21.3. The number of carbonyl (C=O) groups is 1. The minimum atomic E-state index is -1.97. The summed E-state index contributed by atoms with van der Waals surface area (Å²) in [5.74, 6) is -2.04.